The summed E-state index contributed by atoms with van der Waals surface area (Å²) in [6.07, 6.45) is 1.89. The van der Waals surface area contributed by atoms with Gasteiger partial charge >= 0.3 is 0 Å². The molecule has 1 atom stereocenters. The average Bonchev–Trinajstić information content (AvgIpc) is 2.07. The summed E-state index contributed by atoms with van der Waals surface area (Å²) >= 11 is 1.86. The monoisotopic (exact) mass is 235 g/mol. The molecular weight excluding hydrogens is 214 g/mol. The van der Waals surface area contributed by atoms with Crippen LogP contribution in [0.4, 0.5) is 0 Å². The van der Waals surface area contributed by atoms with E-state index < -0.39 is 5.79 Å². The highest BCUT2D eigenvalue weighted by atomic mass is 32.2. The van der Waals surface area contributed by atoms with Gasteiger partial charge in [0.15, 0.2) is 5.79 Å². The molecule has 1 fully saturated rings. The molecule has 5 heteroatoms. The topological polar surface area (TPSA) is 63.9 Å². The van der Waals surface area contributed by atoms with Crippen molar-refractivity contribution < 1.29 is 15.4 Å². The van der Waals surface area contributed by atoms with Gasteiger partial charge in [0.05, 0.1) is 6.54 Å². The van der Waals surface area contributed by atoms with Gasteiger partial charge in [0.1, 0.15) is 0 Å². The number of β-amino-alcohol motifs (C(OH)–C–C–N with tert-alkyl or cyclic N) is 2. The Hall–Kier alpha value is 0.190. The van der Waals surface area contributed by atoms with Crippen molar-refractivity contribution in [1.29, 1.82) is 0 Å². The van der Waals surface area contributed by atoms with Gasteiger partial charge in [0.25, 0.3) is 0 Å². The van der Waals surface area contributed by atoms with Crippen molar-refractivity contribution in [2.45, 2.75) is 50.2 Å². The summed E-state index contributed by atoms with van der Waals surface area (Å²) in [5.41, 5.74) is 0. The Labute approximate surface area is 95.2 Å². The lowest BCUT2D eigenvalue weighted by atomic mass is 9.98. The molecular formula is C10H21NO3S. The highest BCUT2D eigenvalue weighted by Crippen LogP contribution is 2.25. The van der Waals surface area contributed by atoms with Gasteiger partial charge in [-0.15, -0.1) is 0 Å². The third kappa shape index (κ3) is 4.70. The molecule has 0 aromatic rings. The first-order chi connectivity index (χ1) is 6.91. The fourth-order valence-electron chi connectivity index (χ4n) is 1.75. The predicted molar refractivity (Wildman–Crippen MR) is 60.9 cm³/mol. The second-order valence-corrected chi connectivity index (χ2v) is 6.17. The number of hydroxylamine groups is 2. The second kappa shape index (κ2) is 5.50. The van der Waals surface area contributed by atoms with Crippen LogP contribution in [0, 0.1) is 0 Å². The van der Waals surface area contributed by atoms with Gasteiger partial charge in [-0.2, -0.15) is 16.8 Å². The summed E-state index contributed by atoms with van der Waals surface area (Å²) in [6, 6.07) is 0.0728. The van der Waals surface area contributed by atoms with E-state index in [2.05, 4.69) is 13.8 Å². The van der Waals surface area contributed by atoms with Crippen LogP contribution in [0.3, 0.4) is 0 Å². The third-order valence-electron chi connectivity index (χ3n) is 2.62. The molecule has 1 heterocycles. The summed E-state index contributed by atoms with van der Waals surface area (Å²) in [6.45, 7) is 4.23. The molecule has 1 aliphatic rings. The van der Waals surface area contributed by atoms with Crippen LogP contribution in [0.25, 0.3) is 0 Å². The summed E-state index contributed by atoms with van der Waals surface area (Å²) in [5, 5.41) is 29.9. The number of nitrogens with zero attached hydrogens (tertiary/aromatic N) is 1. The van der Waals surface area contributed by atoms with Crippen LogP contribution >= 0.6 is 11.8 Å². The fourth-order valence-corrected chi connectivity index (χ4v) is 2.63. The maximum absolute atomic E-state index is 9.57. The largest absolute Gasteiger partial charge is 0.364 e. The van der Waals surface area contributed by atoms with E-state index in [9.17, 15) is 15.4 Å². The van der Waals surface area contributed by atoms with E-state index >= 15 is 0 Å². The lowest BCUT2D eigenvalue weighted by Gasteiger charge is -2.37. The molecule has 1 saturated heterocycles. The van der Waals surface area contributed by atoms with Crippen molar-refractivity contribution in [1.82, 2.24) is 5.06 Å². The quantitative estimate of drug-likeness (QED) is 0.636. The molecule has 90 valence electrons. The molecule has 1 rings (SSSR count). The first-order valence-corrected chi connectivity index (χ1v) is 6.47. The highest BCUT2D eigenvalue weighted by Gasteiger charge is 2.35. The minimum Gasteiger partial charge on any atom is -0.364 e. The summed E-state index contributed by atoms with van der Waals surface area (Å²) in [7, 11) is 0. The van der Waals surface area contributed by atoms with Crippen molar-refractivity contribution in [3.05, 3.63) is 0 Å². The van der Waals surface area contributed by atoms with Crippen LogP contribution in [-0.2, 0) is 0 Å². The first-order valence-electron chi connectivity index (χ1n) is 5.42. The Bertz CT molecular complexity index is 199. The standard InChI is InChI=1S/C10H21NO3S/c1-8(2)15-6-4-9-3-5-10(12,13)7-11(9)14/h8-9,12-14H,3-7H2,1-2H3. The molecule has 0 saturated carbocycles. The van der Waals surface area contributed by atoms with Gasteiger partial charge in [-0.05, 0) is 23.8 Å². The van der Waals surface area contributed by atoms with E-state index in [0.29, 0.717) is 18.1 Å². The SMILES string of the molecule is CC(C)SCCC1CCC(O)(O)CN1O. The van der Waals surface area contributed by atoms with E-state index in [0.717, 1.165) is 17.2 Å². The van der Waals surface area contributed by atoms with Crippen LogP contribution in [-0.4, -0.2) is 49.9 Å². The Balaban J connectivity index is 2.26. The summed E-state index contributed by atoms with van der Waals surface area (Å²) < 4.78 is 0. The lowest BCUT2D eigenvalue weighted by Crippen LogP contribution is -2.51. The van der Waals surface area contributed by atoms with Crippen LogP contribution in [0.1, 0.15) is 33.1 Å². The Morgan fingerprint density at radius 2 is 2.13 bits per heavy atom. The molecule has 0 radical (unpaired) electrons. The minimum absolute atomic E-state index is 0.0655. The first kappa shape index (κ1) is 13.3. The number of hydrogen-bond acceptors (Lipinski definition) is 5. The van der Waals surface area contributed by atoms with Gasteiger partial charge in [-0.25, -0.2) is 0 Å². The lowest BCUT2D eigenvalue weighted by molar-refractivity contribution is -0.265. The van der Waals surface area contributed by atoms with Gasteiger partial charge in [-0.1, -0.05) is 13.8 Å². The molecule has 0 aromatic heterocycles. The molecule has 0 aliphatic carbocycles. The molecule has 1 unspecified atom stereocenters. The van der Waals surface area contributed by atoms with Crippen LogP contribution in [0.15, 0.2) is 0 Å². The Morgan fingerprint density at radius 3 is 2.67 bits per heavy atom. The van der Waals surface area contributed by atoms with Crippen molar-refractivity contribution in [2.75, 3.05) is 12.3 Å². The van der Waals surface area contributed by atoms with Crippen LogP contribution in [0.2, 0.25) is 0 Å². The number of rotatable bonds is 4. The zero-order valence-electron chi connectivity index (χ0n) is 9.39. The normalized spacial score (nSPS) is 27.2. The summed E-state index contributed by atoms with van der Waals surface area (Å²) in [4.78, 5) is 0. The predicted octanol–water partition coefficient (Wildman–Crippen LogP) is 1.05. The molecule has 0 aromatic carbocycles. The average molecular weight is 235 g/mol. The molecule has 15 heavy (non-hydrogen) atoms. The number of piperidine rings is 1. The molecule has 0 amide bonds. The van der Waals surface area contributed by atoms with Crippen molar-refractivity contribution in [2.24, 2.45) is 0 Å². The van der Waals surface area contributed by atoms with E-state index in [1.807, 2.05) is 11.8 Å². The van der Waals surface area contributed by atoms with Crippen LogP contribution < -0.4 is 0 Å². The van der Waals surface area contributed by atoms with Crippen molar-refractivity contribution in [3.63, 3.8) is 0 Å². The zero-order chi connectivity index (χ0) is 11.5. The maximum Gasteiger partial charge on any atom is 0.178 e. The van der Waals surface area contributed by atoms with E-state index in [1.54, 1.807) is 0 Å². The van der Waals surface area contributed by atoms with Crippen molar-refractivity contribution >= 4 is 11.8 Å². The Morgan fingerprint density at radius 1 is 1.47 bits per heavy atom. The van der Waals surface area contributed by atoms with Gasteiger partial charge < -0.3 is 15.4 Å². The fraction of sp³-hybridized carbons (Fsp3) is 1.00. The molecule has 3 N–H and O–H groups in total. The van der Waals surface area contributed by atoms with Gasteiger partial charge in [0, 0.05) is 12.5 Å². The third-order valence-corrected chi connectivity index (χ3v) is 3.75. The Kier molecular flexibility index (Phi) is 4.86. The summed E-state index contributed by atoms with van der Waals surface area (Å²) in [5.74, 6) is -0.709. The number of thioether (sulfide) groups is 1. The van der Waals surface area contributed by atoms with Crippen molar-refractivity contribution in [3.8, 4) is 0 Å². The zero-order valence-corrected chi connectivity index (χ0v) is 10.2. The molecule has 0 bridgehead atoms. The van der Waals surface area contributed by atoms with E-state index in [1.165, 1.54) is 0 Å². The number of aliphatic hydroxyl groups is 2. The second-order valence-electron chi connectivity index (χ2n) is 4.48. The van der Waals surface area contributed by atoms with E-state index in [4.69, 9.17) is 0 Å². The molecule has 0 spiro atoms. The highest BCUT2D eigenvalue weighted by molar-refractivity contribution is 7.99. The number of hydrogen-bond donors (Lipinski definition) is 3. The minimum atomic E-state index is -1.71. The maximum atomic E-state index is 9.57. The smallest absolute Gasteiger partial charge is 0.178 e. The molecule has 4 nitrogen and oxygen atoms in total. The van der Waals surface area contributed by atoms with Crippen LogP contribution in [0.5, 0.6) is 0 Å². The van der Waals surface area contributed by atoms with Gasteiger partial charge in [0.2, 0.25) is 0 Å². The van der Waals surface area contributed by atoms with Gasteiger partial charge in [-0.3, -0.25) is 0 Å². The molecule has 1 aliphatic heterocycles. The van der Waals surface area contributed by atoms with E-state index in [-0.39, 0.29) is 12.6 Å².